The molecule has 0 saturated carbocycles. The molecule has 0 fully saturated rings. The van der Waals surface area contributed by atoms with Gasteiger partial charge in [-0.05, 0) is 30.4 Å². The van der Waals surface area contributed by atoms with Crippen molar-refractivity contribution in [1.82, 2.24) is 9.78 Å². The molecule has 3 nitrogen and oxygen atoms in total. The van der Waals surface area contributed by atoms with E-state index in [0.717, 1.165) is 11.4 Å². The Bertz CT molecular complexity index is 552. The monoisotopic (exact) mass is 257 g/mol. The van der Waals surface area contributed by atoms with Crippen LogP contribution >= 0.6 is 0 Å². The second-order valence-electron chi connectivity index (χ2n) is 5.17. The third-order valence-electron chi connectivity index (χ3n) is 3.92. The SMILES string of the molecule is CCC(C)c1ccc(-c2c(C)nn(C)c2CN)cc1. The van der Waals surface area contributed by atoms with Gasteiger partial charge in [-0.25, -0.2) is 0 Å². The van der Waals surface area contributed by atoms with Crippen LogP contribution in [-0.4, -0.2) is 9.78 Å². The molecule has 1 unspecified atom stereocenters. The van der Waals surface area contributed by atoms with Crippen LogP contribution in [0.1, 0.15) is 43.1 Å². The molecule has 1 atom stereocenters. The molecule has 1 aromatic heterocycles. The van der Waals surface area contributed by atoms with Crippen molar-refractivity contribution in [3.8, 4) is 11.1 Å². The highest BCUT2D eigenvalue weighted by atomic mass is 15.3. The zero-order chi connectivity index (χ0) is 14.0. The van der Waals surface area contributed by atoms with Crippen LogP contribution in [0.2, 0.25) is 0 Å². The molecule has 2 aromatic rings. The third-order valence-corrected chi connectivity index (χ3v) is 3.92. The summed E-state index contributed by atoms with van der Waals surface area (Å²) in [5.74, 6) is 0.609. The summed E-state index contributed by atoms with van der Waals surface area (Å²) in [6, 6.07) is 8.81. The van der Waals surface area contributed by atoms with Crippen molar-refractivity contribution >= 4 is 0 Å². The first-order valence-corrected chi connectivity index (χ1v) is 6.91. The number of benzene rings is 1. The lowest BCUT2D eigenvalue weighted by Gasteiger charge is -2.10. The predicted molar refractivity (Wildman–Crippen MR) is 80.0 cm³/mol. The van der Waals surface area contributed by atoms with Crippen LogP contribution in [0, 0.1) is 6.92 Å². The summed E-state index contributed by atoms with van der Waals surface area (Å²) in [4.78, 5) is 0. The Morgan fingerprint density at radius 1 is 1.26 bits per heavy atom. The van der Waals surface area contributed by atoms with Crippen molar-refractivity contribution < 1.29 is 0 Å². The van der Waals surface area contributed by atoms with Crippen LogP contribution in [0.25, 0.3) is 11.1 Å². The highest BCUT2D eigenvalue weighted by Gasteiger charge is 2.14. The van der Waals surface area contributed by atoms with E-state index in [4.69, 9.17) is 5.73 Å². The summed E-state index contributed by atoms with van der Waals surface area (Å²) in [5, 5.41) is 4.47. The molecule has 0 radical (unpaired) electrons. The number of hydrogen-bond donors (Lipinski definition) is 1. The maximum Gasteiger partial charge on any atom is 0.0675 e. The number of nitrogens with zero attached hydrogens (tertiary/aromatic N) is 2. The largest absolute Gasteiger partial charge is 0.325 e. The van der Waals surface area contributed by atoms with Crippen molar-refractivity contribution in [3.05, 3.63) is 41.2 Å². The minimum Gasteiger partial charge on any atom is -0.325 e. The molecule has 2 N–H and O–H groups in total. The van der Waals surface area contributed by atoms with Crippen molar-refractivity contribution in [1.29, 1.82) is 0 Å². The van der Waals surface area contributed by atoms with Gasteiger partial charge >= 0.3 is 0 Å². The summed E-state index contributed by atoms with van der Waals surface area (Å²) < 4.78 is 1.88. The number of rotatable bonds is 4. The van der Waals surface area contributed by atoms with E-state index in [9.17, 15) is 0 Å². The molecule has 1 heterocycles. The first-order chi connectivity index (χ1) is 9.08. The average Bonchev–Trinajstić information content (AvgIpc) is 2.72. The zero-order valence-electron chi connectivity index (χ0n) is 12.3. The van der Waals surface area contributed by atoms with E-state index in [1.54, 1.807) is 0 Å². The number of hydrogen-bond acceptors (Lipinski definition) is 2. The van der Waals surface area contributed by atoms with Gasteiger partial charge in [-0.2, -0.15) is 5.10 Å². The van der Waals surface area contributed by atoms with Gasteiger partial charge in [0.05, 0.1) is 11.4 Å². The highest BCUT2D eigenvalue weighted by Crippen LogP contribution is 2.28. The Hall–Kier alpha value is -1.61. The van der Waals surface area contributed by atoms with E-state index in [1.165, 1.54) is 23.1 Å². The van der Waals surface area contributed by atoms with Crippen molar-refractivity contribution in [2.24, 2.45) is 12.8 Å². The molecule has 0 aliphatic carbocycles. The van der Waals surface area contributed by atoms with E-state index in [-0.39, 0.29) is 0 Å². The van der Waals surface area contributed by atoms with Gasteiger partial charge in [0.1, 0.15) is 0 Å². The van der Waals surface area contributed by atoms with Gasteiger partial charge in [-0.3, -0.25) is 4.68 Å². The summed E-state index contributed by atoms with van der Waals surface area (Å²) in [5.41, 5.74) is 11.8. The topological polar surface area (TPSA) is 43.8 Å². The molecule has 0 bridgehead atoms. The molecule has 0 aliphatic rings. The van der Waals surface area contributed by atoms with E-state index in [1.807, 2.05) is 18.7 Å². The van der Waals surface area contributed by atoms with Gasteiger partial charge in [0.2, 0.25) is 0 Å². The van der Waals surface area contributed by atoms with Crippen LogP contribution in [0.15, 0.2) is 24.3 Å². The fourth-order valence-electron chi connectivity index (χ4n) is 2.53. The molecule has 0 spiro atoms. The Morgan fingerprint density at radius 2 is 1.89 bits per heavy atom. The molecule has 102 valence electrons. The van der Waals surface area contributed by atoms with Gasteiger partial charge in [0.25, 0.3) is 0 Å². The number of aryl methyl sites for hydroxylation is 2. The quantitative estimate of drug-likeness (QED) is 0.912. The van der Waals surface area contributed by atoms with Crippen LogP contribution in [0.3, 0.4) is 0 Å². The van der Waals surface area contributed by atoms with Crippen LogP contribution < -0.4 is 5.73 Å². The fraction of sp³-hybridized carbons (Fsp3) is 0.438. The first-order valence-electron chi connectivity index (χ1n) is 6.91. The van der Waals surface area contributed by atoms with E-state index >= 15 is 0 Å². The minimum atomic E-state index is 0.514. The molecule has 2 rings (SSSR count). The fourth-order valence-corrected chi connectivity index (χ4v) is 2.53. The molecule has 0 saturated heterocycles. The Labute approximate surface area is 115 Å². The standard InChI is InChI=1S/C16H23N3/c1-5-11(2)13-6-8-14(9-7-13)16-12(3)18-19(4)15(16)10-17/h6-9,11H,5,10,17H2,1-4H3. The molecule has 3 heteroatoms. The van der Waals surface area contributed by atoms with Crippen LogP contribution in [-0.2, 0) is 13.6 Å². The van der Waals surface area contributed by atoms with Gasteiger partial charge < -0.3 is 5.73 Å². The van der Waals surface area contributed by atoms with Gasteiger partial charge in [0, 0.05) is 19.2 Å². The summed E-state index contributed by atoms with van der Waals surface area (Å²) in [7, 11) is 1.95. The Kier molecular flexibility index (Phi) is 4.05. The normalized spacial score (nSPS) is 12.7. The van der Waals surface area contributed by atoms with Gasteiger partial charge in [-0.1, -0.05) is 38.1 Å². The zero-order valence-corrected chi connectivity index (χ0v) is 12.3. The van der Waals surface area contributed by atoms with Crippen molar-refractivity contribution in [3.63, 3.8) is 0 Å². The smallest absolute Gasteiger partial charge is 0.0675 e. The lowest BCUT2D eigenvalue weighted by Crippen LogP contribution is -2.05. The molecule has 19 heavy (non-hydrogen) atoms. The first kappa shape index (κ1) is 13.8. The van der Waals surface area contributed by atoms with Crippen molar-refractivity contribution in [2.45, 2.75) is 39.7 Å². The molecule has 1 aromatic carbocycles. The van der Waals surface area contributed by atoms with Crippen LogP contribution in [0.5, 0.6) is 0 Å². The molecular formula is C16H23N3. The van der Waals surface area contributed by atoms with E-state index < -0.39 is 0 Å². The molecule has 0 aliphatic heterocycles. The highest BCUT2D eigenvalue weighted by molar-refractivity contribution is 5.69. The lowest BCUT2D eigenvalue weighted by atomic mass is 9.95. The van der Waals surface area contributed by atoms with E-state index in [0.29, 0.717) is 12.5 Å². The minimum absolute atomic E-state index is 0.514. The Balaban J connectivity index is 2.43. The lowest BCUT2D eigenvalue weighted by molar-refractivity contribution is 0.706. The second kappa shape index (κ2) is 5.57. The van der Waals surface area contributed by atoms with Crippen LogP contribution in [0.4, 0.5) is 0 Å². The second-order valence-corrected chi connectivity index (χ2v) is 5.17. The van der Waals surface area contributed by atoms with Gasteiger partial charge in [0.15, 0.2) is 0 Å². The summed E-state index contributed by atoms with van der Waals surface area (Å²) >= 11 is 0. The molecular weight excluding hydrogens is 234 g/mol. The maximum absolute atomic E-state index is 5.84. The maximum atomic E-state index is 5.84. The summed E-state index contributed by atoms with van der Waals surface area (Å²) in [6.45, 7) is 7.03. The Morgan fingerprint density at radius 3 is 2.42 bits per heavy atom. The predicted octanol–water partition coefficient (Wildman–Crippen LogP) is 3.37. The van der Waals surface area contributed by atoms with E-state index in [2.05, 4.69) is 43.2 Å². The third kappa shape index (κ3) is 2.56. The summed E-state index contributed by atoms with van der Waals surface area (Å²) in [6.07, 6.45) is 1.17. The average molecular weight is 257 g/mol. The van der Waals surface area contributed by atoms with Crippen molar-refractivity contribution in [2.75, 3.05) is 0 Å². The number of aromatic nitrogens is 2. The molecule has 0 amide bonds. The number of nitrogens with two attached hydrogens (primary N) is 1. The van der Waals surface area contributed by atoms with Gasteiger partial charge in [-0.15, -0.1) is 0 Å².